The van der Waals surface area contributed by atoms with E-state index in [2.05, 4.69) is 15.3 Å². The zero-order valence-electron chi connectivity index (χ0n) is 14.3. The number of hydrogen-bond donors (Lipinski definition) is 2. The summed E-state index contributed by atoms with van der Waals surface area (Å²) in [5.41, 5.74) is 4.41. The number of amides is 1. The molecule has 0 fully saturated rings. The first-order valence-corrected chi connectivity index (χ1v) is 8.18. The highest BCUT2D eigenvalue weighted by Gasteiger charge is 2.13. The van der Waals surface area contributed by atoms with Crippen LogP contribution in [0, 0.1) is 19.7 Å². The van der Waals surface area contributed by atoms with Gasteiger partial charge in [0.05, 0.1) is 5.52 Å². The number of H-pyrrole nitrogens is 1. The summed E-state index contributed by atoms with van der Waals surface area (Å²) >= 11 is 0. The molecule has 25 heavy (non-hydrogen) atoms. The molecule has 1 aromatic carbocycles. The Bertz CT molecular complexity index is 929. The van der Waals surface area contributed by atoms with Crippen molar-refractivity contribution in [3.8, 4) is 0 Å². The van der Waals surface area contributed by atoms with E-state index in [4.69, 9.17) is 0 Å². The maximum Gasteiger partial charge on any atom is 0.244 e. The first-order chi connectivity index (χ1) is 12.1. The van der Waals surface area contributed by atoms with Crippen LogP contribution in [0.4, 0.5) is 4.39 Å². The molecule has 0 atom stereocenters. The zero-order chi connectivity index (χ0) is 17.8. The molecule has 3 rings (SSSR count). The number of pyridine rings is 1. The summed E-state index contributed by atoms with van der Waals surface area (Å²) < 4.78 is 14.0. The molecule has 0 bridgehead atoms. The van der Waals surface area contributed by atoms with Crippen LogP contribution >= 0.6 is 0 Å². The molecule has 2 aromatic heterocycles. The van der Waals surface area contributed by atoms with Crippen molar-refractivity contribution in [2.24, 2.45) is 0 Å². The summed E-state index contributed by atoms with van der Waals surface area (Å²) in [6.07, 6.45) is 7.23. The van der Waals surface area contributed by atoms with Crippen molar-refractivity contribution < 1.29 is 9.18 Å². The van der Waals surface area contributed by atoms with E-state index in [-0.39, 0.29) is 11.7 Å². The normalized spacial score (nSPS) is 11.3. The number of aromatic amines is 1. The number of carbonyl (C=O) groups is 1. The molecule has 2 heterocycles. The Morgan fingerprint density at radius 3 is 2.92 bits per heavy atom. The van der Waals surface area contributed by atoms with Gasteiger partial charge >= 0.3 is 0 Å². The molecule has 0 aliphatic rings. The van der Waals surface area contributed by atoms with Crippen molar-refractivity contribution in [3.63, 3.8) is 0 Å². The topological polar surface area (TPSA) is 57.8 Å². The molecule has 1 amide bonds. The van der Waals surface area contributed by atoms with E-state index in [1.165, 1.54) is 12.1 Å². The van der Waals surface area contributed by atoms with Gasteiger partial charge in [0.15, 0.2) is 0 Å². The van der Waals surface area contributed by atoms with E-state index in [1.807, 2.05) is 26.0 Å². The fourth-order valence-corrected chi connectivity index (χ4v) is 2.97. The van der Waals surface area contributed by atoms with Gasteiger partial charge in [-0.25, -0.2) is 4.39 Å². The maximum absolute atomic E-state index is 14.0. The standard InChI is InChI=1S/C20H20FN3O/c1-13-5-7-17(21)20-19(13)16(14(2)24-20)9-11-23-18(25)8-6-15-4-3-10-22-12-15/h3-8,10,12,24H,9,11H2,1-2H3,(H,23,25)/b8-6+. The van der Waals surface area contributed by atoms with Crippen LogP contribution in [0.25, 0.3) is 17.0 Å². The van der Waals surface area contributed by atoms with Crippen LogP contribution < -0.4 is 5.32 Å². The molecule has 0 saturated heterocycles. The van der Waals surface area contributed by atoms with Gasteiger partial charge in [-0.1, -0.05) is 12.1 Å². The molecule has 2 N–H and O–H groups in total. The van der Waals surface area contributed by atoms with Crippen LogP contribution in [-0.2, 0) is 11.2 Å². The Kier molecular flexibility index (Phi) is 4.93. The van der Waals surface area contributed by atoms with Gasteiger partial charge in [-0.15, -0.1) is 0 Å². The fourth-order valence-electron chi connectivity index (χ4n) is 2.97. The third-order valence-corrected chi connectivity index (χ3v) is 4.22. The van der Waals surface area contributed by atoms with E-state index < -0.39 is 0 Å². The van der Waals surface area contributed by atoms with Gasteiger partial charge in [-0.2, -0.15) is 0 Å². The van der Waals surface area contributed by atoms with Crippen LogP contribution in [0.1, 0.15) is 22.4 Å². The molecule has 0 radical (unpaired) electrons. The maximum atomic E-state index is 14.0. The molecular formula is C20H20FN3O. The van der Waals surface area contributed by atoms with Crippen LogP contribution in [0.2, 0.25) is 0 Å². The second kappa shape index (κ2) is 7.30. The lowest BCUT2D eigenvalue weighted by Gasteiger charge is -2.05. The number of aryl methyl sites for hydroxylation is 2. The molecule has 0 saturated carbocycles. The largest absolute Gasteiger partial charge is 0.356 e. The Morgan fingerprint density at radius 1 is 1.32 bits per heavy atom. The average Bonchev–Trinajstić information content (AvgIpc) is 2.95. The van der Waals surface area contributed by atoms with E-state index >= 15 is 0 Å². The monoisotopic (exact) mass is 337 g/mol. The molecule has 3 aromatic rings. The van der Waals surface area contributed by atoms with E-state index in [0.717, 1.165) is 27.8 Å². The molecule has 0 aliphatic carbocycles. The highest BCUT2D eigenvalue weighted by molar-refractivity contribution is 5.92. The highest BCUT2D eigenvalue weighted by atomic mass is 19.1. The number of carbonyl (C=O) groups excluding carboxylic acids is 1. The van der Waals surface area contributed by atoms with Crippen LogP contribution in [0.3, 0.4) is 0 Å². The second-order valence-corrected chi connectivity index (χ2v) is 6.00. The van der Waals surface area contributed by atoms with Gasteiger partial charge < -0.3 is 10.3 Å². The van der Waals surface area contributed by atoms with Gasteiger partial charge in [0, 0.05) is 36.1 Å². The summed E-state index contributed by atoms with van der Waals surface area (Å²) in [5, 5.41) is 3.78. The quantitative estimate of drug-likeness (QED) is 0.698. The first kappa shape index (κ1) is 16.9. The van der Waals surface area contributed by atoms with Crippen molar-refractivity contribution in [2.75, 3.05) is 6.54 Å². The molecule has 128 valence electrons. The molecule has 0 aliphatic heterocycles. The van der Waals surface area contributed by atoms with Crippen LogP contribution in [0.15, 0.2) is 42.7 Å². The molecular weight excluding hydrogens is 317 g/mol. The van der Waals surface area contributed by atoms with Crippen LogP contribution in [-0.4, -0.2) is 22.4 Å². The predicted octanol–water partition coefficient (Wildman–Crippen LogP) is 3.69. The first-order valence-electron chi connectivity index (χ1n) is 8.18. The van der Waals surface area contributed by atoms with Crippen molar-refractivity contribution in [3.05, 3.63) is 70.9 Å². The van der Waals surface area contributed by atoms with E-state index in [0.29, 0.717) is 18.5 Å². The summed E-state index contributed by atoms with van der Waals surface area (Å²) in [6.45, 7) is 4.38. The molecule has 0 spiro atoms. The number of nitrogens with zero attached hydrogens (tertiary/aromatic N) is 1. The van der Waals surface area contributed by atoms with E-state index in [1.54, 1.807) is 24.5 Å². The van der Waals surface area contributed by atoms with Crippen molar-refractivity contribution in [1.29, 1.82) is 0 Å². The number of nitrogens with one attached hydrogen (secondary N) is 2. The Labute approximate surface area is 145 Å². The second-order valence-electron chi connectivity index (χ2n) is 6.00. The number of rotatable bonds is 5. The van der Waals surface area contributed by atoms with Crippen LogP contribution in [0.5, 0.6) is 0 Å². The smallest absolute Gasteiger partial charge is 0.244 e. The van der Waals surface area contributed by atoms with Gasteiger partial charge in [-0.3, -0.25) is 9.78 Å². The van der Waals surface area contributed by atoms with Crippen molar-refractivity contribution in [2.45, 2.75) is 20.3 Å². The predicted molar refractivity (Wildman–Crippen MR) is 97.7 cm³/mol. The fraction of sp³-hybridized carbons (Fsp3) is 0.200. The number of hydrogen-bond acceptors (Lipinski definition) is 2. The van der Waals surface area contributed by atoms with Gasteiger partial charge in [0.1, 0.15) is 5.82 Å². The zero-order valence-corrected chi connectivity index (χ0v) is 14.3. The summed E-state index contributed by atoms with van der Waals surface area (Å²) in [7, 11) is 0. The summed E-state index contributed by atoms with van der Waals surface area (Å²) in [5.74, 6) is -0.414. The minimum absolute atomic E-state index is 0.163. The summed E-state index contributed by atoms with van der Waals surface area (Å²) in [6, 6.07) is 6.95. The minimum atomic E-state index is -0.251. The van der Waals surface area contributed by atoms with Gasteiger partial charge in [0.2, 0.25) is 5.91 Å². The lowest BCUT2D eigenvalue weighted by molar-refractivity contribution is -0.116. The van der Waals surface area contributed by atoms with E-state index in [9.17, 15) is 9.18 Å². The lowest BCUT2D eigenvalue weighted by Crippen LogP contribution is -2.23. The third-order valence-electron chi connectivity index (χ3n) is 4.22. The van der Waals surface area contributed by atoms with Crippen molar-refractivity contribution >= 4 is 22.9 Å². The van der Waals surface area contributed by atoms with Gasteiger partial charge in [0.25, 0.3) is 0 Å². The van der Waals surface area contributed by atoms with Gasteiger partial charge in [-0.05, 0) is 55.2 Å². The summed E-state index contributed by atoms with van der Waals surface area (Å²) in [4.78, 5) is 19.0. The molecule has 4 nitrogen and oxygen atoms in total. The third kappa shape index (κ3) is 3.76. The number of halogens is 1. The minimum Gasteiger partial charge on any atom is -0.356 e. The number of aromatic nitrogens is 2. The Balaban J connectivity index is 1.65. The molecule has 5 heteroatoms. The number of fused-ring (bicyclic) bond motifs is 1. The van der Waals surface area contributed by atoms with Crippen molar-refractivity contribution in [1.82, 2.24) is 15.3 Å². The molecule has 0 unspecified atom stereocenters. The number of benzene rings is 1. The Morgan fingerprint density at radius 2 is 2.16 bits per heavy atom. The average molecular weight is 337 g/mol. The SMILES string of the molecule is Cc1[nH]c2c(F)ccc(C)c2c1CCNC(=O)/C=C/c1cccnc1. The lowest BCUT2D eigenvalue weighted by atomic mass is 10.0. The Hall–Kier alpha value is -2.95. The highest BCUT2D eigenvalue weighted by Crippen LogP contribution is 2.27.